The van der Waals surface area contributed by atoms with Gasteiger partial charge in [0.1, 0.15) is 6.29 Å². The highest BCUT2D eigenvalue weighted by Gasteiger charge is 2.55. The third-order valence-electron chi connectivity index (χ3n) is 10.2. The van der Waals surface area contributed by atoms with Crippen molar-refractivity contribution in [3.8, 4) is 23.0 Å². The minimum atomic E-state index is -0.256. The molecule has 7 nitrogen and oxygen atoms in total. The summed E-state index contributed by atoms with van der Waals surface area (Å²) in [6.45, 7) is 10.1. The van der Waals surface area contributed by atoms with Gasteiger partial charge in [0.2, 0.25) is 0 Å². The predicted molar refractivity (Wildman–Crippen MR) is 166 cm³/mol. The summed E-state index contributed by atoms with van der Waals surface area (Å²) in [4.78, 5) is 17.8. The third kappa shape index (κ3) is 5.19. The molecule has 5 rings (SSSR count). The molecule has 1 unspecified atom stereocenters. The minimum Gasteiger partial charge on any atom is -0.493 e. The van der Waals surface area contributed by atoms with Crippen molar-refractivity contribution in [2.75, 3.05) is 54.6 Å². The van der Waals surface area contributed by atoms with Crippen LogP contribution in [-0.2, 0) is 23.2 Å². The molecular weight excluding hydrogens is 528 g/mol. The summed E-state index contributed by atoms with van der Waals surface area (Å²) in [6, 6.07) is 8.95. The number of methoxy groups -OCH3 is 4. The van der Waals surface area contributed by atoms with Crippen LogP contribution in [0.15, 0.2) is 36.9 Å². The molecular formula is C35H48N2O5. The second kappa shape index (κ2) is 13.1. The Labute approximate surface area is 251 Å². The lowest BCUT2D eigenvalue weighted by molar-refractivity contribution is -0.118. The number of nitrogens with zero attached hydrogens (tertiary/aromatic N) is 2. The lowest BCUT2D eigenvalue weighted by Gasteiger charge is -2.59. The molecule has 0 bridgehead atoms. The second-order valence-electron chi connectivity index (χ2n) is 12.0. The average molecular weight is 577 g/mol. The summed E-state index contributed by atoms with van der Waals surface area (Å²) in [5, 5.41) is 0. The van der Waals surface area contributed by atoms with Gasteiger partial charge in [-0.3, -0.25) is 9.80 Å². The van der Waals surface area contributed by atoms with Crippen LogP contribution in [0.25, 0.3) is 0 Å². The maximum atomic E-state index is 12.5. The Hall–Kier alpha value is -3.03. The monoisotopic (exact) mass is 576 g/mol. The summed E-state index contributed by atoms with van der Waals surface area (Å²) < 4.78 is 23.2. The molecule has 2 aliphatic heterocycles. The van der Waals surface area contributed by atoms with Crippen molar-refractivity contribution in [3.05, 3.63) is 59.2 Å². The first-order valence-corrected chi connectivity index (χ1v) is 15.5. The Kier molecular flexibility index (Phi) is 9.48. The molecule has 4 atom stereocenters. The third-order valence-corrected chi connectivity index (χ3v) is 10.2. The first-order valence-electron chi connectivity index (χ1n) is 15.5. The number of benzene rings is 2. The van der Waals surface area contributed by atoms with Crippen LogP contribution in [-0.4, -0.2) is 70.7 Å². The van der Waals surface area contributed by atoms with E-state index in [-0.39, 0.29) is 23.4 Å². The molecule has 0 saturated heterocycles. The normalized spacial score (nSPS) is 25.8. The van der Waals surface area contributed by atoms with Crippen molar-refractivity contribution < 1.29 is 23.7 Å². The number of aldehydes is 1. The van der Waals surface area contributed by atoms with E-state index < -0.39 is 0 Å². The van der Waals surface area contributed by atoms with Gasteiger partial charge in [-0.2, -0.15) is 0 Å². The number of carbonyl (C=O) groups is 1. The number of hydrogen-bond acceptors (Lipinski definition) is 7. The van der Waals surface area contributed by atoms with Gasteiger partial charge in [-0.1, -0.05) is 13.0 Å². The van der Waals surface area contributed by atoms with E-state index in [1.807, 2.05) is 6.08 Å². The van der Waals surface area contributed by atoms with Crippen LogP contribution < -0.4 is 18.9 Å². The molecule has 2 aromatic carbocycles. The zero-order valence-corrected chi connectivity index (χ0v) is 26.1. The molecule has 3 aliphatic rings. The van der Waals surface area contributed by atoms with Crippen LogP contribution in [0.2, 0.25) is 0 Å². The van der Waals surface area contributed by atoms with Gasteiger partial charge in [0.05, 0.1) is 34.0 Å². The Morgan fingerprint density at radius 1 is 0.929 bits per heavy atom. The van der Waals surface area contributed by atoms with Gasteiger partial charge in [-0.25, -0.2) is 0 Å². The Morgan fingerprint density at radius 2 is 1.57 bits per heavy atom. The summed E-state index contributed by atoms with van der Waals surface area (Å²) >= 11 is 0. The average Bonchev–Trinajstić information content (AvgIpc) is 3.04. The smallest absolute Gasteiger partial charge is 0.161 e. The molecule has 1 aliphatic carbocycles. The lowest BCUT2D eigenvalue weighted by atomic mass is 9.58. The Morgan fingerprint density at radius 3 is 2.21 bits per heavy atom. The lowest BCUT2D eigenvalue weighted by Crippen LogP contribution is -2.61. The van der Waals surface area contributed by atoms with E-state index in [0.717, 1.165) is 94.1 Å². The molecule has 2 aromatic rings. The van der Waals surface area contributed by atoms with Crippen LogP contribution in [0, 0.1) is 11.8 Å². The van der Waals surface area contributed by atoms with Crippen molar-refractivity contribution in [2.24, 2.45) is 11.8 Å². The molecule has 7 heteroatoms. The summed E-state index contributed by atoms with van der Waals surface area (Å²) in [5.74, 6) is 3.29. The highest BCUT2D eigenvalue weighted by atomic mass is 16.5. The van der Waals surface area contributed by atoms with E-state index in [1.165, 1.54) is 28.5 Å². The number of fused-ring (bicyclic) bond motifs is 3. The van der Waals surface area contributed by atoms with Gasteiger partial charge >= 0.3 is 0 Å². The number of unbranched alkanes of at least 4 members (excludes halogenated alkanes) is 1. The van der Waals surface area contributed by atoms with Gasteiger partial charge < -0.3 is 23.7 Å². The highest BCUT2D eigenvalue weighted by Crippen LogP contribution is 2.58. The summed E-state index contributed by atoms with van der Waals surface area (Å²) in [6.07, 6.45) is 9.82. The van der Waals surface area contributed by atoms with Gasteiger partial charge in [-0.05, 0) is 105 Å². The topological polar surface area (TPSA) is 60.5 Å². The fourth-order valence-electron chi connectivity index (χ4n) is 8.22. The van der Waals surface area contributed by atoms with Crippen molar-refractivity contribution in [3.63, 3.8) is 0 Å². The number of ether oxygens (including phenoxy) is 4. The molecule has 228 valence electrons. The molecule has 0 N–H and O–H groups in total. The predicted octanol–water partition coefficient (Wildman–Crippen LogP) is 5.98. The fourth-order valence-corrected chi connectivity index (χ4v) is 8.22. The molecule has 0 radical (unpaired) electrons. The van der Waals surface area contributed by atoms with E-state index in [9.17, 15) is 4.79 Å². The minimum absolute atomic E-state index is 0.0328. The molecule has 1 fully saturated rings. The number of hydrogen-bond donors (Lipinski definition) is 0. The van der Waals surface area contributed by atoms with Gasteiger partial charge in [0, 0.05) is 31.0 Å². The van der Waals surface area contributed by atoms with Crippen molar-refractivity contribution >= 4 is 6.29 Å². The van der Waals surface area contributed by atoms with E-state index >= 15 is 0 Å². The number of likely N-dealkylation sites (N-methyl/N-ethyl adjacent to an activating group) is 1. The van der Waals surface area contributed by atoms with E-state index in [2.05, 4.69) is 47.6 Å². The quantitative estimate of drug-likeness (QED) is 0.185. The van der Waals surface area contributed by atoms with Crippen LogP contribution >= 0.6 is 0 Å². The zero-order chi connectivity index (χ0) is 29.9. The van der Waals surface area contributed by atoms with Gasteiger partial charge in [0.15, 0.2) is 23.0 Å². The SMILES string of the molecule is C=CCCCN1CCc2cc(OC)c(OC)cc2[C@]12CC[C@@H](C=O)C[C@@H]2C1c2cc(OC)c(OC)cc2CCN1CC. The van der Waals surface area contributed by atoms with Gasteiger partial charge in [-0.15, -0.1) is 6.58 Å². The molecule has 42 heavy (non-hydrogen) atoms. The zero-order valence-electron chi connectivity index (χ0n) is 26.1. The number of carbonyl (C=O) groups excluding carboxylic acids is 1. The molecule has 1 saturated carbocycles. The maximum absolute atomic E-state index is 12.5. The van der Waals surface area contributed by atoms with Crippen LogP contribution in [0.1, 0.15) is 67.3 Å². The number of allylic oxidation sites excluding steroid dienone is 1. The van der Waals surface area contributed by atoms with E-state index in [1.54, 1.807) is 28.4 Å². The molecule has 0 amide bonds. The maximum Gasteiger partial charge on any atom is 0.161 e. The summed E-state index contributed by atoms with van der Waals surface area (Å²) in [7, 11) is 6.85. The van der Waals surface area contributed by atoms with Crippen LogP contribution in [0.3, 0.4) is 0 Å². The number of rotatable bonds is 11. The molecule has 1 spiro atoms. The summed E-state index contributed by atoms with van der Waals surface area (Å²) in [5.41, 5.74) is 5.02. The first kappa shape index (κ1) is 30.4. The van der Waals surface area contributed by atoms with Crippen LogP contribution in [0.4, 0.5) is 0 Å². The Bertz CT molecular complexity index is 1280. The van der Waals surface area contributed by atoms with Crippen molar-refractivity contribution in [1.82, 2.24) is 9.80 Å². The van der Waals surface area contributed by atoms with E-state index in [4.69, 9.17) is 18.9 Å². The van der Waals surface area contributed by atoms with Gasteiger partial charge in [0.25, 0.3) is 0 Å². The second-order valence-corrected chi connectivity index (χ2v) is 12.0. The Balaban J connectivity index is 1.76. The standard InChI is InChI=1S/C35H48N2O5/c1-7-9-10-15-37-17-13-26-20-31(40-4)33(42-6)22-28(26)35(37)14-11-24(23-38)18-29(35)34-27-21-32(41-5)30(39-3)19-25(27)12-16-36(34)8-2/h7,19-24,29,34H,1,8-18H2,2-6H3/t24-,29-,34?,35+/m1/s1. The first-order chi connectivity index (χ1) is 20.5. The molecule has 2 heterocycles. The highest BCUT2D eigenvalue weighted by molar-refractivity contribution is 5.57. The van der Waals surface area contributed by atoms with Crippen LogP contribution in [0.5, 0.6) is 23.0 Å². The van der Waals surface area contributed by atoms with Crippen molar-refractivity contribution in [2.45, 2.75) is 63.5 Å². The van der Waals surface area contributed by atoms with Crippen molar-refractivity contribution in [1.29, 1.82) is 0 Å². The molecule has 0 aromatic heterocycles. The van der Waals surface area contributed by atoms with E-state index in [0.29, 0.717) is 0 Å². The fraction of sp³-hybridized carbons (Fsp3) is 0.571. The largest absolute Gasteiger partial charge is 0.493 e.